The molecule has 27 heavy (non-hydrogen) atoms. The molecule has 0 heterocycles. The van der Waals surface area contributed by atoms with Crippen molar-refractivity contribution in [2.24, 2.45) is 0 Å². The van der Waals surface area contributed by atoms with Crippen LogP contribution in [0.4, 0.5) is 0 Å². The molecule has 0 amide bonds. The fourth-order valence-electron chi connectivity index (χ4n) is 2.45. The molecule has 136 valence electrons. The van der Waals surface area contributed by atoms with Gasteiger partial charge in [0.05, 0.1) is 5.40 Å². The molecule has 0 saturated carbocycles. The van der Waals surface area contributed by atoms with Crippen LogP contribution in [-0.4, -0.2) is 10.3 Å². The molecule has 0 aliphatic heterocycles. The Morgan fingerprint density at radius 1 is 1.00 bits per heavy atom. The van der Waals surface area contributed by atoms with Gasteiger partial charge in [-0.1, -0.05) is 56.4 Å². The van der Waals surface area contributed by atoms with Gasteiger partial charge in [-0.15, -0.1) is 0 Å². The zero-order valence-electron chi connectivity index (χ0n) is 16.9. The minimum absolute atomic E-state index is 0. The molecule has 1 rings (SSSR count). The first-order chi connectivity index (χ1) is 11.0. The van der Waals surface area contributed by atoms with E-state index in [1.54, 1.807) is 0 Å². The molecule has 0 aromatic heterocycles. The van der Waals surface area contributed by atoms with Gasteiger partial charge in [0.25, 0.3) is 0 Å². The van der Waals surface area contributed by atoms with E-state index >= 15 is 0 Å². The first-order valence-electron chi connectivity index (χ1n) is 7.79. The van der Waals surface area contributed by atoms with Crippen molar-refractivity contribution >= 4 is 21.3 Å². The van der Waals surface area contributed by atoms with Crippen molar-refractivity contribution in [3.8, 4) is 0 Å². The second kappa shape index (κ2) is 16.0. The van der Waals surface area contributed by atoms with E-state index in [0.717, 1.165) is 24.0 Å². The zero-order valence-corrected chi connectivity index (χ0v) is 24.7. The average Bonchev–Trinajstić information content (AvgIpc) is 2.41. The third kappa shape index (κ3) is 14.8. The molecule has 0 aliphatic carbocycles. The Balaban J connectivity index is -0.00000192. The van der Waals surface area contributed by atoms with E-state index in [9.17, 15) is 23.8 Å². The number of hydrogen-bond acceptors (Lipinski definition) is 5. The standard InChI is InChI=1S/C16H26O6P2.3Na/c1-13(2)12-15-10-8-14(9-11-15)6-4-3-5-7-16(23(17,18)19)24(20,21)22;;;/h8-12,16H,3-7H2,1-2H3,(H2,17,18,19)(H2,20,21,22);;;/q;3*+1/p-3. The summed E-state index contributed by atoms with van der Waals surface area (Å²) in [6, 6.07) is 8.06. The van der Waals surface area contributed by atoms with E-state index in [1.165, 1.54) is 5.57 Å². The maximum Gasteiger partial charge on any atom is 1.00 e. The Morgan fingerprint density at radius 2 is 1.52 bits per heavy atom. The molecule has 0 aliphatic rings. The molecule has 1 aromatic rings. The third-order valence-electron chi connectivity index (χ3n) is 3.60. The smallest absolute Gasteiger partial charge is 0.810 e. The summed E-state index contributed by atoms with van der Waals surface area (Å²) in [6.45, 7) is 4.05. The van der Waals surface area contributed by atoms with Gasteiger partial charge in [-0.2, -0.15) is 0 Å². The second-order valence-corrected chi connectivity index (χ2v) is 10.0. The quantitative estimate of drug-likeness (QED) is 0.230. The van der Waals surface area contributed by atoms with Crippen molar-refractivity contribution < 1.29 is 117 Å². The summed E-state index contributed by atoms with van der Waals surface area (Å²) in [6.07, 6.45) is 4.06. The van der Waals surface area contributed by atoms with Gasteiger partial charge in [0.1, 0.15) is 7.60 Å². The van der Waals surface area contributed by atoms with Crippen LogP contribution in [-0.2, 0) is 15.6 Å². The van der Waals surface area contributed by atoms with Gasteiger partial charge in [0.2, 0.25) is 0 Å². The number of unbranched alkanes of at least 4 members (excludes halogenated alkanes) is 2. The minimum atomic E-state index is -5.35. The summed E-state index contributed by atoms with van der Waals surface area (Å²) in [5, 5.41) is -2.21. The van der Waals surface area contributed by atoms with Crippen LogP contribution in [0.15, 0.2) is 29.8 Å². The Labute approximate surface area is 228 Å². The van der Waals surface area contributed by atoms with Crippen LogP contribution in [0.1, 0.15) is 50.7 Å². The first kappa shape index (κ1) is 33.9. The molecule has 0 spiro atoms. The molecule has 11 heteroatoms. The maximum absolute atomic E-state index is 11.0. The molecule has 0 fully saturated rings. The van der Waals surface area contributed by atoms with Gasteiger partial charge >= 0.3 is 88.7 Å². The number of hydrogen-bond donors (Lipinski definition) is 1. The predicted octanol–water partition coefficient (Wildman–Crippen LogP) is -6.99. The van der Waals surface area contributed by atoms with Crippen LogP contribution in [0, 0.1) is 0 Å². The van der Waals surface area contributed by atoms with Crippen molar-refractivity contribution in [2.75, 3.05) is 0 Å². The Bertz CT molecular complexity index is 629. The Kier molecular flexibility index (Phi) is 20.0. The average molecular weight is 442 g/mol. The van der Waals surface area contributed by atoms with E-state index in [1.807, 2.05) is 38.1 Å². The van der Waals surface area contributed by atoms with Gasteiger partial charge in [0.15, 0.2) is 0 Å². The van der Waals surface area contributed by atoms with Crippen LogP contribution in [0.3, 0.4) is 0 Å². The van der Waals surface area contributed by atoms with Gasteiger partial charge < -0.3 is 28.7 Å². The Hall–Kier alpha value is 2.26. The van der Waals surface area contributed by atoms with Crippen molar-refractivity contribution in [3.05, 3.63) is 41.0 Å². The van der Waals surface area contributed by atoms with E-state index < -0.39 is 20.6 Å². The first-order valence-corrected chi connectivity index (χ1v) is 11.0. The topological polar surface area (TPSA) is 124 Å². The molecular formula is C16H23Na3O6P2. The number of rotatable bonds is 9. The number of benzene rings is 1. The van der Waals surface area contributed by atoms with Crippen molar-refractivity contribution in [1.82, 2.24) is 0 Å². The number of aryl methyl sites for hydroxylation is 1. The molecule has 1 N–H and O–H groups in total. The molecule has 6 nitrogen and oxygen atoms in total. The normalized spacial score (nSPS) is 13.9. The second-order valence-electron chi connectivity index (χ2n) is 6.15. The van der Waals surface area contributed by atoms with E-state index in [2.05, 4.69) is 6.08 Å². The van der Waals surface area contributed by atoms with Crippen molar-refractivity contribution in [3.63, 3.8) is 0 Å². The minimum Gasteiger partial charge on any atom is -0.810 e. The molecular weight excluding hydrogens is 419 g/mol. The van der Waals surface area contributed by atoms with Crippen LogP contribution >= 0.6 is 15.2 Å². The molecule has 0 saturated heterocycles. The van der Waals surface area contributed by atoms with Crippen LogP contribution in [0.5, 0.6) is 0 Å². The van der Waals surface area contributed by atoms with E-state index in [4.69, 9.17) is 4.89 Å². The van der Waals surface area contributed by atoms with Crippen LogP contribution < -0.4 is 103 Å². The molecule has 1 aromatic carbocycles. The maximum atomic E-state index is 11.0. The largest absolute Gasteiger partial charge is 1.00 e. The van der Waals surface area contributed by atoms with Gasteiger partial charge in [-0.05, 0) is 44.2 Å². The third-order valence-corrected chi connectivity index (χ3v) is 7.33. The number of allylic oxidation sites excluding steroid dienone is 1. The summed E-state index contributed by atoms with van der Waals surface area (Å²) < 4.78 is 21.9. The summed E-state index contributed by atoms with van der Waals surface area (Å²) in [5.41, 5.74) is 3.47. The molecule has 0 bridgehead atoms. The van der Waals surface area contributed by atoms with E-state index in [-0.39, 0.29) is 102 Å². The van der Waals surface area contributed by atoms with Crippen LogP contribution in [0.25, 0.3) is 6.08 Å². The van der Waals surface area contributed by atoms with Crippen LogP contribution in [0.2, 0.25) is 0 Å². The molecule has 0 radical (unpaired) electrons. The Morgan fingerprint density at radius 3 is 1.93 bits per heavy atom. The molecule has 2 atom stereocenters. The van der Waals surface area contributed by atoms with Gasteiger partial charge in [-0.3, -0.25) is 0 Å². The molecule has 2 unspecified atom stereocenters. The van der Waals surface area contributed by atoms with Crippen molar-refractivity contribution in [2.45, 2.75) is 51.4 Å². The van der Waals surface area contributed by atoms with Gasteiger partial charge in [-0.25, -0.2) is 0 Å². The zero-order chi connectivity index (χ0) is 18.4. The fourth-order valence-corrected chi connectivity index (χ4v) is 4.88. The van der Waals surface area contributed by atoms with Crippen molar-refractivity contribution in [1.29, 1.82) is 0 Å². The summed E-state index contributed by atoms with van der Waals surface area (Å²) >= 11 is 0. The van der Waals surface area contributed by atoms with E-state index in [0.29, 0.717) is 6.42 Å². The predicted molar refractivity (Wildman–Crippen MR) is 89.2 cm³/mol. The summed E-state index contributed by atoms with van der Waals surface area (Å²) in [7, 11) is -10.5. The monoisotopic (exact) mass is 442 g/mol. The summed E-state index contributed by atoms with van der Waals surface area (Å²) in [4.78, 5) is 41.7. The summed E-state index contributed by atoms with van der Waals surface area (Å²) in [5.74, 6) is 0. The SMILES string of the molecule is CC(C)=Cc1ccc(CCCCCC(P(=O)([O-])[O-])P(=O)([O-])O)cc1.[Na+].[Na+].[Na+]. The fraction of sp³-hybridized carbons (Fsp3) is 0.500. The van der Waals surface area contributed by atoms with Gasteiger partial charge in [0, 0.05) is 0 Å².